The largest absolute Gasteiger partial charge is 0.474 e. The first-order valence-corrected chi connectivity index (χ1v) is 37.8. The normalized spacial score (nSPS) is 11.8. The highest BCUT2D eigenvalue weighted by atomic mass is 32.2. The molecular weight excluding hydrogens is 1400 g/mol. The Balaban J connectivity index is -0.000000575. The van der Waals surface area contributed by atoms with E-state index in [4.69, 9.17) is 37.0 Å². The lowest BCUT2D eigenvalue weighted by Gasteiger charge is -2.23. The first-order chi connectivity index (χ1) is 43.8. The monoisotopic (exact) mass is 1500 g/mol. The minimum atomic E-state index is -3.54. The van der Waals surface area contributed by atoms with E-state index in [2.05, 4.69) is 83.8 Å². The molecule has 0 aliphatic rings. The fourth-order valence-electron chi connectivity index (χ4n) is 5.23. The maximum Gasteiger partial charge on any atom is 0.474 e. The number of hydrogen-bond donors (Lipinski definition) is 4. The lowest BCUT2D eigenvalue weighted by Crippen LogP contribution is -2.49. The average Bonchev–Trinajstić information content (AvgIpc) is 3.60. The Morgan fingerprint density at radius 2 is 0.649 bits per heavy atom. The average molecular weight is 1510 g/mol. The quantitative estimate of drug-likeness (QED) is 0.0190. The first kappa shape index (κ1) is 96.9. The van der Waals surface area contributed by atoms with Crippen LogP contribution in [0.4, 0.5) is 19.2 Å². The number of alkyl carbamates (subject to hydrolysis) is 4. The number of phosphoric acid groups is 4. The second kappa shape index (κ2) is 53.5. The highest BCUT2D eigenvalue weighted by molar-refractivity contribution is 8.14. The van der Waals surface area contributed by atoms with Crippen LogP contribution in [0, 0.1) is 16.2 Å². The Labute approximate surface area is 570 Å². The van der Waals surface area contributed by atoms with Crippen molar-refractivity contribution >= 4 is 123 Å². The van der Waals surface area contributed by atoms with Gasteiger partial charge in [0.15, 0.2) is 15.3 Å². The third-order valence-corrected chi connectivity index (χ3v) is 21.2. The molecular formula is C54H100N4O28P4S4. The van der Waals surface area contributed by atoms with Crippen molar-refractivity contribution < 1.29 is 130 Å². The van der Waals surface area contributed by atoms with Crippen molar-refractivity contribution in [1.82, 2.24) is 21.3 Å². The summed E-state index contributed by atoms with van der Waals surface area (Å²) in [5.74, 6) is 1.41. The van der Waals surface area contributed by atoms with Gasteiger partial charge in [-0.1, -0.05) is 139 Å². The molecule has 0 aromatic rings. The van der Waals surface area contributed by atoms with E-state index in [0.29, 0.717) is 37.3 Å². The number of phosphoric ester groups is 4. The van der Waals surface area contributed by atoms with E-state index < -0.39 is 77.4 Å². The van der Waals surface area contributed by atoms with Crippen molar-refractivity contribution in [3.63, 3.8) is 0 Å². The van der Waals surface area contributed by atoms with Crippen LogP contribution in [0.5, 0.6) is 0 Å². The third kappa shape index (κ3) is 48.3. The zero-order valence-electron chi connectivity index (χ0n) is 56.7. The second-order valence-corrected chi connectivity index (χ2v) is 32.0. The van der Waals surface area contributed by atoms with Crippen molar-refractivity contribution in [3.8, 4) is 0 Å². The SMILES string of the molecule is C=CCOC(=O)NC(C)(C)C(=O)SCCOP(=O)(OC)OC.C=CCOC(=O)NCC(C)(C)C(=O)SCCCCOP(=O)(OC)OC.C=CCOC(=O)NCC(C)(C)C(=O)SCCOP(=O)(OC)OC.C=CCOC(=O)NCCC(C)(C)C(=O)SCCOP(=O)(OC)OC. The summed E-state index contributed by atoms with van der Waals surface area (Å²) in [6, 6.07) is 0. The van der Waals surface area contributed by atoms with Gasteiger partial charge in [0, 0.05) is 105 Å². The number of amides is 4. The lowest BCUT2D eigenvalue weighted by molar-refractivity contribution is -0.118. The summed E-state index contributed by atoms with van der Waals surface area (Å²) in [5.41, 5.74) is -3.25. The second-order valence-electron chi connectivity index (χ2n) is 20.2. The number of carbonyl (C=O) groups is 8. The Hall–Kier alpha value is -3.44. The highest BCUT2D eigenvalue weighted by Crippen LogP contribution is 2.50. The minimum Gasteiger partial charge on any atom is -0.445 e. The maximum absolute atomic E-state index is 12.2. The topological polar surface area (TPSA) is 401 Å². The molecule has 0 saturated carbocycles. The van der Waals surface area contributed by atoms with Crippen LogP contribution in [-0.4, -0.2) is 203 Å². The molecule has 0 aliphatic carbocycles. The Morgan fingerprint density at radius 3 is 0.968 bits per heavy atom. The zero-order chi connectivity index (χ0) is 73.1. The molecule has 0 aromatic heterocycles. The molecule has 0 aromatic carbocycles. The van der Waals surface area contributed by atoms with Crippen molar-refractivity contribution in [1.29, 1.82) is 0 Å². The van der Waals surface area contributed by atoms with Gasteiger partial charge < -0.3 is 40.2 Å². The smallest absolute Gasteiger partial charge is 0.445 e. The Kier molecular flexibility index (Phi) is 55.2. The summed E-state index contributed by atoms with van der Waals surface area (Å²) in [5, 5.41) is 9.55. The van der Waals surface area contributed by atoms with Gasteiger partial charge in [-0.15, -0.1) is 0 Å². The molecule has 0 heterocycles. The number of nitrogens with one attached hydrogen (secondary N) is 4. The molecule has 0 saturated heterocycles. The van der Waals surface area contributed by atoms with Crippen LogP contribution in [0.25, 0.3) is 0 Å². The van der Waals surface area contributed by atoms with Gasteiger partial charge in [-0.05, 0) is 33.1 Å². The summed E-state index contributed by atoms with van der Waals surface area (Å²) in [4.78, 5) is 94.0. The third-order valence-electron chi connectivity index (χ3n) is 10.8. The molecule has 4 amide bonds. The number of ether oxygens (including phenoxy) is 4. The van der Waals surface area contributed by atoms with Gasteiger partial charge in [-0.2, -0.15) is 0 Å². The van der Waals surface area contributed by atoms with Gasteiger partial charge in [0.25, 0.3) is 0 Å². The summed E-state index contributed by atoms with van der Waals surface area (Å²) in [6.45, 7) is 28.6. The number of rotatable bonds is 46. The lowest BCUT2D eigenvalue weighted by atomic mass is 9.91. The molecule has 32 nitrogen and oxygen atoms in total. The molecule has 548 valence electrons. The molecule has 0 bridgehead atoms. The van der Waals surface area contributed by atoms with Crippen LogP contribution < -0.4 is 21.3 Å². The zero-order valence-corrected chi connectivity index (χ0v) is 63.6. The van der Waals surface area contributed by atoms with Gasteiger partial charge in [0.1, 0.15) is 32.0 Å². The number of unbranched alkanes of at least 4 members (excludes halogenated alkanes) is 1. The summed E-state index contributed by atoms with van der Waals surface area (Å²) in [6.07, 6.45) is 5.13. The number of hydrogen-bond acceptors (Lipinski definition) is 32. The van der Waals surface area contributed by atoms with Crippen LogP contribution in [0.15, 0.2) is 50.6 Å². The standard InChI is InChI=1S/C15H28NO7PS.C14H26NO7PS.C13H24NO7PS.C12H22NO7PS/c1-6-9-22-14(18)16-12-15(2,3)13(17)25-11-8-7-10-23-24(19,20-4)21-5;1-6-9-21-13(17)15-8-7-14(2,3)12(16)24-11-10-22-23(18,19-4)20-5;1-6-7-20-12(16)14-10-13(2,3)11(15)23-9-8-21-22(17,18-4)19-5;1-6-7-19-11(15)13-12(2,3)10(14)22-9-8-20-21(16,17-4)18-5/h6H,1,7-12H2,2-5H3,(H,16,18);6H,1,7-11H2,2-5H3,(H,15,17);6H,1,7-10H2,2-5H3,(H,14,16);6H,1,7-9H2,2-5H3,(H,13,15). The predicted octanol–water partition coefficient (Wildman–Crippen LogP) is 11.3. The molecule has 0 aliphatic heterocycles. The van der Waals surface area contributed by atoms with Gasteiger partial charge in [0.05, 0.1) is 37.3 Å². The molecule has 0 fully saturated rings. The molecule has 0 rings (SSSR count). The number of thioether (sulfide) groups is 4. The maximum atomic E-state index is 12.2. The van der Waals surface area contributed by atoms with Crippen molar-refractivity contribution in [2.24, 2.45) is 16.2 Å². The van der Waals surface area contributed by atoms with Crippen LogP contribution in [0.1, 0.15) is 74.7 Å². The van der Waals surface area contributed by atoms with Gasteiger partial charge in [-0.3, -0.25) is 73.5 Å². The van der Waals surface area contributed by atoms with Gasteiger partial charge in [0.2, 0.25) is 5.12 Å². The van der Waals surface area contributed by atoms with E-state index in [1.165, 1.54) is 92.9 Å². The first-order valence-electron chi connectivity index (χ1n) is 28.1. The number of carbonyl (C=O) groups excluding carboxylic acids is 8. The fourth-order valence-corrected chi connectivity index (χ4v) is 11.8. The molecule has 40 heteroatoms. The van der Waals surface area contributed by atoms with Crippen LogP contribution in [0.2, 0.25) is 0 Å². The molecule has 94 heavy (non-hydrogen) atoms. The van der Waals surface area contributed by atoms with E-state index in [1.807, 2.05) is 0 Å². The molecule has 4 N–H and O–H groups in total. The van der Waals surface area contributed by atoms with E-state index >= 15 is 0 Å². The van der Waals surface area contributed by atoms with E-state index in [-0.39, 0.29) is 97.9 Å². The van der Waals surface area contributed by atoms with Crippen molar-refractivity contribution in [3.05, 3.63) is 50.6 Å². The van der Waals surface area contributed by atoms with E-state index in [9.17, 15) is 56.6 Å². The minimum absolute atomic E-state index is 0.00758. The fraction of sp³-hybridized carbons (Fsp3) is 0.704. The van der Waals surface area contributed by atoms with E-state index in [1.54, 1.807) is 55.4 Å². The van der Waals surface area contributed by atoms with Crippen LogP contribution in [0.3, 0.4) is 0 Å². The van der Waals surface area contributed by atoms with Gasteiger partial charge >= 0.3 is 55.7 Å². The summed E-state index contributed by atoms with van der Waals surface area (Å²) in [7, 11) is -4.25. The molecule has 0 radical (unpaired) electrons. The molecule has 0 unspecified atom stereocenters. The van der Waals surface area contributed by atoms with Crippen LogP contribution in [-0.2, 0) is 111 Å². The van der Waals surface area contributed by atoms with Gasteiger partial charge in [-0.25, -0.2) is 37.4 Å². The Bertz CT molecular complexity index is 2480. The van der Waals surface area contributed by atoms with E-state index in [0.717, 1.165) is 35.3 Å². The van der Waals surface area contributed by atoms with Crippen LogP contribution >= 0.6 is 78.3 Å². The molecule has 0 atom stereocenters. The highest BCUT2D eigenvalue weighted by Gasteiger charge is 2.34. The Morgan fingerprint density at radius 1 is 0.372 bits per heavy atom. The van der Waals surface area contributed by atoms with Crippen molar-refractivity contribution in [2.75, 3.05) is 152 Å². The summed E-state index contributed by atoms with van der Waals surface area (Å²) >= 11 is 4.19. The summed E-state index contributed by atoms with van der Waals surface area (Å²) < 4.78 is 122. The van der Waals surface area contributed by atoms with Crippen molar-refractivity contribution in [2.45, 2.75) is 80.2 Å². The predicted molar refractivity (Wildman–Crippen MR) is 363 cm³/mol. The molecule has 0 spiro atoms.